The molecule has 0 amide bonds. The molecule has 0 fully saturated rings. The molecule has 0 aromatic carbocycles. The Labute approximate surface area is 77.2 Å². The maximum atomic E-state index is 8.82. The van der Waals surface area contributed by atoms with Crippen LogP contribution in [0.2, 0.25) is 0 Å². The van der Waals surface area contributed by atoms with Crippen LogP contribution >= 0.6 is 0 Å². The van der Waals surface area contributed by atoms with Crippen LogP contribution in [0.5, 0.6) is 0 Å². The minimum atomic E-state index is 0.372. The van der Waals surface area contributed by atoms with E-state index in [0.29, 0.717) is 6.61 Å². The predicted octanol–water partition coefficient (Wildman–Crippen LogP) is 3.37. The van der Waals surface area contributed by atoms with E-state index in [1.54, 1.807) is 0 Å². The van der Waals surface area contributed by atoms with Crippen molar-refractivity contribution in [2.24, 2.45) is 5.92 Å². The number of hydrogen-bond donors (Lipinski definition) is 1. The molecule has 1 nitrogen and oxygen atoms in total. The lowest BCUT2D eigenvalue weighted by Crippen LogP contribution is -2.02. The van der Waals surface area contributed by atoms with Crippen LogP contribution in [0.3, 0.4) is 0 Å². The molecule has 0 aromatic heterocycles. The van der Waals surface area contributed by atoms with Crippen molar-refractivity contribution in [3.05, 3.63) is 0 Å². The number of rotatable bonds is 8. The summed E-state index contributed by atoms with van der Waals surface area (Å²) in [5.41, 5.74) is 0. The molecular weight excluding hydrogens is 148 g/mol. The molecule has 0 aromatic rings. The van der Waals surface area contributed by atoms with E-state index in [2.05, 4.69) is 13.8 Å². The smallest absolute Gasteiger partial charge is 0.0433 e. The molecule has 1 heteroatoms. The normalized spacial score (nSPS) is 13.2. The Morgan fingerprint density at radius 3 is 2.17 bits per heavy atom. The van der Waals surface area contributed by atoms with Crippen LogP contribution < -0.4 is 0 Å². The van der Waals surface area contributed by atoms with E-state index in [1.807, 2.05) is 0 Å². The van der Waals surface area contributed by atoms with Crippen molar-refractivity contribution in [1.82, 2.24) is 0 Å². The monoisotopic (exact) mass is 172 g/mol. The minimum Gasteiger partial charge on any atom is -0.396 e. The third-order valence-corrected chi connectivity index (χ3v) is 2.45. The second-order valence-electron chi connectivity index (χ2n) is 3.66. The topological polar surface area (TPSA) is 20.2 Å². The Balaban J connectivity index is 3.34. The van der Waals surface area contributed by atoms with Gasteiger partial charge in [-0.05, 0) is 12.3 Å². The van der Waals surface area contributed by atoms with Crippen molar-refractivity contribution >= 4 is 0 Å². The van der Waals surface area contributed by atoms with Gasteiger partial charge in [0.15, 0.2) is 0 Å². The maximum absolute atomic E-state index is 8.82. The fourth-order valence-electron chi connectivity index (χ4n) is 1.71. The van der Waals surface area contributed by atoms with E-state index in [1.165, 1.54) is 38.5 Å². The van der Waals surface area contributed by atoms with Crippen molar-refractivity contribution in [2.75, 3.05) is 6.61 Å². The quantitative estimate of drug-likeness (QED) is 0.557. The van der Waals surface area contributed by atoms with Crippen molar-refractivity contribution < 1.29 is 5.11 Å². The molecule has 0 saturated heterocycles. The Bertz CT molecular complexity index is 75.1. The third-order valence-electron chi connectivity index (χ3n) is 2.45. The van der Waals surface area contributed by atoms with Crippen molar-refractivity contribution in [1.29, 1.82) is 0 Å². The second kappa shape index (κ2) is 9.05. The van der Waals surface area contributed by atoms with E-state index in [0.717, 1.165) is 12.3 Å². The molecule has 0 aliphatic carbocycles. The molecule has 1 atom stereocenters. The largest absolute Gasteiger partial charge is 0.396 e. The Kier molecular flexibility index (Phi) is 9.02. The average Bonchev–Trinajstić information content (AvgIpc) is 2.06. The fourth-order valence-corrected chi connectivity index (χ4v) is 1.71. The highest BCUT2D eigenvalue weighted by atomic mass is 16.3. The highest BCUT2D eigenvalue weighted by Crippen LogP contribution is 2.18. The molecule has 74 valence electrons. The van der Waals surface area contributed by atoms with Gasteiger partial charge in [0, 0.05) is 6.61 Å². The fraction of sp³-hybridized carbons (Fsp3) is 1.00. The van der Waals surface area contributed by atoms with Crippen LogP contribution in [0, 0.1) is 5.92 Å². The molecule has 0 unspecified atom stereocenters. The Hall–Kier alpha value is -0.0400. The molecule has 0 radical (unpaired) electrons. The standard InChI is InChI=1S/C11H24O/c1-3-5-6-8-11(7-4-2)9-10-12/h11-12H,3-10H2,1-2H3/t11-/m1/s1. The summed E-state index contributed by atoms with van der Waals surface area (Å²) in [6.45, 7) is 4.84. The van der Waals surface area contributed by atoms with Gasteiger partial charge in [-0.2, -0.15) is 0 Å². The molecule has 0 heterocycles. The van der Waals surface area contributed by atoms with Crippen molar-refractivity contribution in [2.45, 2.75) is 58.8 Å². The van der Waals surface area contributed by atoms with Crippen LogP contribution in [0.15, 0.2) is 0 Å². The van der Waals surface area contributed by atoms with Gasteiger partial charge in [0.2, 0.25) is 0 Å². The van der Waals surface area contributed by atoms with Crippen LogP contribution in [0.4, 0.5) is 0 Å². The summed E-state index contributed by atoms with van der Waals surface area (Å²) < 4.78 is 0. The van der Waals surface area contributed by atoms with Crippen LogP contribution in [0.25, 0.3) is 0 Å². The van der Waals surface area contributed by atoms with Gasteiger partial charge in [0.25, 0.3) is 0 Å². The minimum absolute atomic E-state index is 0.372. The number of aliphatic hydroxyl groups excluding tert-OH is 1. The molecule has 0 bridgehead atoms. The Morgan fingerprint density at radius 2 is 1.67 bits per heavy atom. The molecule has 0 aliphatic heterocycles. The first-order chi connectivity index (χ1) is 5.85. The van der Waals surface area contributed by atoms with Gasteiger partial charge in [-0.3, -0.25) is 0 Å². The van der Waals surface area contributed by atoms with Gasteiger partial charge in [0.05, 0.1) is 0 Å². The lowest BCUT2D eigenvalue weighted by atomic mass is 9.94. The lowest BCUT2D eigenvalue weighted by Gasteiger charge is -2.13. The van der Waals surface area contributed by atoms with Crippen molar-refractivity contribution in [3.8, 4) is 0 Å². The first kappa shape index (κ1) is 12.0. The summed E-state index contributed by atoms with van der Waals surface area (Å²) in [5.74, 6) is 0.784. The highest BCUT2D eigenvalue weighted by molar-refractivity contribution is 4.58. The van der Waals surface area contributed by atoms with E-state index in [-0.39, 0.29) is 0 Å². The maximum Gasteiger partial charge on any atom is 0.0433 e. The first-order valence-electron chi connectivity index (χ1n) is 5.46. The molecule has 12 heavy (non-hydrogen) atoms. The SMILES string of the molecule is CCCCC[C@@H](CCC)CCO. The summed E-state index contributed by atoms with van der Waals surface area (Å²) >= 11 is 0. The van der Waals surface area contributed by atoms with E-state index in [4.69, 9.17) is 5.11 Å². The molecular formula is C11H24O. The van der Waals surface area contributed by atoms with E-state index < -0.39 is 0 Å². The molecule has 0 spiro atoms. The molecule has 0 saturated carbocycles. The number of aliphatic hydroxyl groups is 1. The van der Waals surface area contributed by atoms with Gasteiger partial charge in [-0.1, -0.05) is 52.4 Å². The molecule has 1 N–H and O–H groups in total. The lowest BCUT2D eigenvalue weighted by molar-refractivity contribution is 0.243. The second-order valence-corrected chi connectivity index (χ2v) is 3.66. The van der Waals surface area contributed by atoms with E-state index >= 15 is 0 Å². The summed E-state index contributed by atoms with van der Waals surface area (Å²) in [6, 6.07) is 0. The van der Waals surface area contributed by atoms with Gasteiger partial charge in [0.1, 0.15) is 0 Å². The molecule has 0 rings (SSSR count). The van der Waals surface area contributed by atoms with Crippen LogP contribution in [-0.2, 0) is 0 Å². The zero-order chi connectivity index (χ0) is 9.23. The van der Waals surface area contributed by atoms with Crippen molar-refractivity contribution in [3.63, 3.8) is 0 Å². The summed E-state index contributed by atoms with van der Waals surface area (Å²) in [5, 5.41) is 8.82. The first-order valence-corrected chi connectivity index (χ1v) is 5.46. The zero-order valence-electron chi connectivity index (χ0n) is 8.68. The van der Waals surface area contributed by atoms with E-state index in [9.17, 15) is 0 Å². The Morgan fingerprint density at radius 1 is 0.917 bits per heavy atom. The van der Waals surface area contributed by atoms with Gasteiger partial charge in [-0.15, -0.1) is 0 Å². The third kappa shape index (κ3) is 6.66. The predicted molar refractivity (Wildman–Crippen MR) is 54.2 cm³/mol. The summed E-state index contributed by atoms with van der Waals surface area (Å²) in [6.07, 6.45) is 8.89. The van der Waals surface area contributed by atoms with Gasteiger partial charge in [-0.25, -0.2) is 0 Å². The number of hydrogen-bond acceptors (Lipinski definition) is 1. The number of unbranched alkanes of at least 4 members (excludes halogenated alkanes) is 2. The summed E-state index contributed by atoms with van der Waals surface area (Å²) in [4.78, 5) is 0. The summed E-state index contributed by atoms with van der Waals surface area (Å²) in [7, 11) is 0. The van der Waals surface area contributed by atoms with Gasteiger partial charge >= 0.3 is 0 Å². The van der Waals surface area contributed by atoms with Crippen LogP contribution in [-0.4, -0.2) is 11.7 Å². The van der Waals surface area contributed by atoms with Crippen LogP contribution in [0.1, 0.15) is 58.8 Å². The average molecular weight is 172 g/mol. The van der Waals surface area contributed by atoms with Gasteiger partial charge < -0.3 is 5.11 Å². The molecule has 0 aliphatic rings. The highest BCUT2D eigenvalue weighted by Gasteiger charge is 2.05. The zero-order valence-corrected chi connectivity index (χ0v) is 8.68.